The first-order valence-corrected chi connectivity index (χ1v) is 6.68. The number of rotatable bonds is 2. The van der Waals surface area contributed by atoms with E-state index in [1.807, 2.05) is 20.9 Å². The highest BCUT2D eigenvalue weighted by molar-refractivity contribution is 6.30. The van der Waals surface area contributed by atoms with Crippen molar-refractivity contribution in [2.45, 2.75) is 26.3 Å². The third-order valence-electron chi connectivity index (χ3n) is 4.09. The van der Waals surface area contributed by atoms with E-state index in [4.69, 9.17) is 17.3 Å². The molecule has 0 radical (unpaired) electrons. The van der Waals surface area contributed by atoms with E-state index in [-0.39, 0.29) is 16.9 Å². The van der Waals surface area contributed by atoms with Gasteiger partial charge in [0.1, 0.15) is 5.82 Å². The lowest BCUT2D eigenvalue weighted by Crippen LogP contribution is -2.21. The molecule has 1 aliphatic rings. The quantitative estimate of drug-likeness (QED) is 0.895. The van der Waals surface area contributed by atoms with Gasteiger partial charge >= 0.3 is 0 Å². The zero-order valence-corrected chi connectivity index (χ0v) is 11.9. The van der Waals surface area contributed by atoms with Crippen molar-refractivity contribution < 1.29 is 4.39 Å². The van der Waals surface area contributed by atoms with Gasteiger partial charge in [-0.1, -0.05) is 11.6 Å². The molecule has 1 saturated heterocycles. The Hall–Kier alpha value is -0.640. The summed E-state index contributed by atoms with van der Waals surface area (Å²) < 4.78 is 14.3. The van der Waals surface area contributed by atoms with Gasteiger partial charge in [0.25, 0.3) is 0 Å². The number of likely N-dealkylation sites (tertiary alicyclic amines) is 1. The highest BCUT2D eigenvalue weighted by Gasteiger charge is 2.33. The lowest BCUT2D eigenvalue weighted by Gasteiger charge is -2.23. The van der Waals surface area contributed by atoms with Crippen LogP contribution in [0, 0.1) is 25.6 Å². The van der Waals surface area contributed by atoms with Crippen LogP contribution in [0.2, 0.25) is 5.02 Å². The average Bonchev–Trinajstić information content (AvgIpc) is 2.69. The van der Waals surface area contributed by atoms with Gasteiger partial charge in [-0.25, -0.2) is 4.39 Å². The summed E-state index contributed by atoms with van der Waals surface area (Å²) in [6.07, 6.45) is 0.907. The minimum Gasteiger partial charge on any atom is -0.330 e. The first-order valence-electron chi connectivity index (χ1n) is 6.31. The van der Waals surface area contributed by atoms with Crippen molar-refractivity contribution in [3.05, 3.63) is 33.6 Å². The van der Waals surface area contributed by atoms with Crippen LogP contribution in [0.4, 0.5) is 4.39 Å². The highest BCUT2D eigenvalue weighted by Crippen LogP contribution is 2.39. The van der Waals surface area contributed by atoms with Crippen molar-refractivity contribution >= 4 is 11.6 Å². The zero-order valence-electron chi connectivity index (χ0n) is 11.1. The van der Waals surface area contributed by atoms with Crippen LogP contribution in [0.15, 0.2) is 6.07 Å². The number of aryl methyl sites for hydroxylation is 1. The normalized spacial score (nSPS) is 24.8. The monoisotopic (exact) mass is 270 g/mol. The smallest absolute Gasteiger partial charge is 0.146 e. The van der Waals surface area contributed by atoms with Crippen molar-refractivity contribution in [1.29, 1.82) is 0 Å². The predicted molar refractivity (Wildman–Crippen MR) is 73.4 cm³/mol. The largest absolute Gasteiger partial charge is 0.330 e. The zero-order chi connectivity index (χ0) is 13.4. The van der Waals surface area contributed by atoms with Crippen LogP contribution in [0.5, 0.6) is 0 Å². The Kier molecular flexibility index (Phi) is 3.95. The lowest BCUT2D eigenvalue weighted by atomic mass is 9.93. The molecule has 2 N–H and O–H groups in total. The molecule has 2 atom stereocenters. The molecule has 4 heteroatoms. The van der Waals surface area contributed by atoms with E-state index in [1.165, 1.54) is 0 Å². The number of hydrogen-bond donors (Lipinski definition) is 1. The lowest BCUT2D eigenvalue weighted by molar-refractivity contribution is 0.305. The second kappa shape index (κ2) is 5.16. The van der Waals surface area contributed by atoms with Crippen molar-refractivity contribution in [2.75, 3.05) is 20.1 Å². The van der Waals surface area contributed by atoms with E-state index in [0.29, 0.717) is 12.5 Å². The first-order chi connectivity index (χ1) is 8.45. The predicted octanol–water partition coefficient (Wildman–Crippen LogP) is 3.05. The molecule has 0 saturated carbocycles. The standard InChI is InChI=1S/C14H20ClFN2/c1-8-4-11(15)14(16)13(9(8)2)12-5-10(6-17)7-18(12)3/h4,10,12H,5-7,17H2,1-3H3. The summed E-state index contributed by atoms with van der Waals surface area (Å²) in [6, 6.07) is 1.79. The van der Waals surface area contributed by atoms with E-state index >= 15 is 0 Å². The number of nitrogens with zero attached hydrogens (tertiary/aromatic N) is 1. The molecular weight excluding hydrogens is 251 g/mol. The third kappa shape index (κ3) is 2.27. The molecule has 0 amide bonds. The fraction of sp³-hybridized carbons (Fsp3) is 0.571. The molecule has 1 aromatic carbocycles. The van der Waals surface area contributed by atoms with Gasteiger partial charge < -0.3 is 5.73 Å². The van der Waals surface area contributed by atoms with Crippen LogP contribution < -0.4 is 5.73 Å². The Morgan fingerprint density at radius 1 is 1.50 bits per heavy atom. The van der Waals surface area contributed by atoms with Gasteiger partial charge in [-0.3, -0.25) is 4.90 Å². The minimum atomic E-state index is -0.269. The molecular formula is C14H20ClFN2. The summed E-state index contributed by atoms with van der Waals surface area (Å²) >= 11 is 5.97. The summed E-state index contributed by atoms with van der Waals surface area (Å²) in [5, 5.41) is 0.220. The fourth-order valence-corrected chi connectivity index (χ4v) is 3.14. The molecule has 18 heavy (non-hydrogen) atoms. The molecule has 0 aliphatic carbocycles. The van der Waals surface area contributed by atoms with E-state index in [0.717, 1.165) is 29.7 Å². The summed E-state index contributed by atoms with van der Waals surface area (Å²) in [6.45, 7) is 5.51. The first kappa shape index (κ1) is 13.8. The minimum absolute atomic E-state index is 0.0935. The molecule has 0 bridgehead atoms. The SMILES string of the molecule is Cc1cc(Cl)c(F)c(C2CC(CN)CN2C)c1C. The Bertz CT molecular complexity index is 435. The third-order valence-corrected chi connectivity index (χ3v) is 4.36. The maximum absolute atomic E-state index is 14.3. The topological polar surface area (TPSA) is 29.3 Å². The van der Waals surface area contributed by atoms with Gasteiger partial charge in [0.15, 0.2) is 0 Å². The van der Waals surface area contributed by atoms with Gasteiger partial charge in [-0.15, -0.1) is 0 Å². The van der Waals surface area contributed by atoms with Crippen LogP contribution in [0.25, 0.3) is 0 Å². The van der Waals surface area contributed by atoms with Gasteiger partial charge in [0.2, 0.25) is 0 Å². The molecule has 2 nitrogen and oxygen atoms in total. The van der Waals surface area contributed by atoms with Gasteiger partial charge in [-0.2, -0.15) is 0 Å². The number of hydrogen-bond acceptors (Lipinski definition) is 2. The molecule has 0 aromatic heterocycles. The Morgan fingerprint density at radius 2 is 2.17 bits per heavy atom. The van der Waals surface area contributed by atoms with Gasteiger partial charge in [0.05, 0.1) is 5.02 Å². The Labute approximate surface area is 113 Å². The summed E-state index contributed by atoms with van der Waals surface area (Å²) in [5.74, 6) is 0.173. The van der Waals surface area contributed by atoms with Crippen molar-refractivity contribution in [3.63, 3.8) is 0 Å². The van der Waals surface area contributed by atoms with E-state index in [9.17, 15) is 4.39 Å². The van der Waals surface area contributed by atoms with Crippen LogP contribution in [0.1, 0.15) is 29.2 Å². The number of benzene rings is 1. The second-order valence-electron chi connectivity index (χ2n) is 5.32. The van der Waals surface area contributed by atoms with E-state index < -0.39 is 0 Å². The maximum atomic E-state index is 14.3. The average molecular weight is 271 g/mol. The molecule has 1 aromatic rings. The van der Waals surface area contributed by atoms with Crippen molar-refractivity contribution in [2.24, 2.45) is 11.7 Å². The van der Waals surface area contributed by atoms with Crippen molar-refractivity contribution in [1.82, 2.24) is 4.90 Å². The fourth-order valence-electron chi connectivity index (χ4n) is 2.88. The van der Waals surface area contributed by atoms with Gasteiger partial charge in [-0.05, 0) is 57.0 Å². The highest BCUT2D eigenvalue weighted by atomic mass is 35.5. The van der Waals surface area contributed by atoms with Crippen LogP contribution >= 0.6 is 11.6 Å². The molecule has 1 fully saturated rings. The molecule has 2 unspecified atom stereocenters. The number of nitrogens with two attached hydrogens (primary N) is 1. The van der Waals surface area contributed by atoms with Crippen LogP contribution in [0.3, 0.4) is 0 Å². The second-order valence-corrected chi connectivity index (χ2v) is 5.73. The van der Waals surface area contributed by atoms with Gasteiger partial charge in [0, 0.05) is 18.2 Å². The molecule has 1 heterocycles. The summed E-state index contributed by atoms with van der Waals surface area (Å²) in [5.41, 5.74) is 8.52. The molecule has 2 rings (SSSR count). The molecule has 1 aliphatic heterocycles. The summed E-state index contributed by atoms with van der Waals surface area (Å²) in [7, 11) is 2.02. The van der Waals surface area contributed by atoms with E-state index in [2.05, 4.69) is 4.90 Å². The number of halogens is 2. The molecule has 100 valence electrons. The van der Waals surface area contributed by atoms with Crippen molar-refractivity contribution in [3.8, 4) is 0 Å². The summed E-state index contributed by atoms with van der Waals surface area (Å²) in [4.78, 5) is 2.18. The Balaban J connectivity index is 2.45. The van der Waals surface area contributed by atoms with E-state index in [1.54, 1.807) is 6.07 Å². The van der Waals surface area contributed by atoms with Crippen LogP contribution in [-0.4, -0.2) is 25.0 Å². The maximum Gasteiger partial charge on any atom is 0.146 e. The molecule has 0 spiro atoms. The van der Waals surface area contributed by atoms with Crippen LogP contribution in [-0.2, 0) is 0 Å². The Morgan fingerprint density at radius 3 is 2.72 bits per heavy atom.